The monoisotopic (exact) mass is 376 g/mol. The zero-order valence-electron chi connectivity index (χ0n) is 13.3. The molecule has 2 N–H and O–H groups in total. The van der Waals surface area contributed by atoms with Crippen molar-refractivity contribution in [2.75, 3.05) is 6.54 Å². The first-order chi connectivity index (χ1) is 9.71. The van der Waals surface area contributed by atoms with Crippen LogP contribution in [0.25, 0.3) is 0 Å². The van der Waals surface area contributed by atoms with Crippen molar-refractivity contribution in [3.8, 4) is 0 Å². The molecular formula is C15H25BrN2O2S. The average Bonchev–Trinajstić information content (AvgIpc) is 2.79. The van der Waals surface area contributed by atoms with Gasteiger partial charge >= 0.3 is 6.09 Å². The second-order valence-corrected chi connectivity index (χ2v) is 8.51. The highest BCUT2D eigenvalue weighted by molar-refractivity contribution is 9.11. The van der Waals surface area contributed by atoms with Crippen molar-refractivity contribution in [1.82, 2.24) is 10.6 Å². The van der Waals surface area contributed by atoms with E-state index < -0.39 is 5.60 Å². The van der Waals surface area contributed by atoms with E-state index in [2.05, 4.69) is 52.5 Å². The van der Waals surface area contributed by atoms with Crippen LogP contribution in [0, 0.1) is 0 Å². The maximum absolute atomic E-state index is 11.7. The Morgan fingerprint density at radius 2 is 2.10 bits per heavy atom. The minimum Gasteiger partial charge on any atom is -0.444 e. The first-order valence-corrected chi connectivity index (χ1v) is 8.80. The highest BCUT2D eigenvalue weighted by Gasteiger charge is 2.18. The zero-order valence-corrected chi connectivity index (χ0v) is 15.7. The molecule has 0 saturated heterocycles. The number of carbonyl (C=O) groups excluding carboxylic acids is 1. The second-order valence-electron chi connectivity index (χ2n) is 6.02. The Bertz CT molecular complexity index is 457. The van der Waals surface area contributed by atoms with Crippen LogP contribution in [0.5, 0.6) is 0 Å². The van der Waals surface area contributed by atoms with Crippen LogP contribution in [-0.4, -0.2) is 24.3 Å². The summed E-state index contributed by atoms with van der Waals surface area (Å²) >= 11 is 5.20. The zero-order chi connectivity index (χ0) is 16.0. The number of nitrogens with one attached hydrogen (secondary N) is 2. The molecule has 6 heteroatoms. The lowest BCUT2D eigenvalue weighted by Gasteiger charge is -2.24. The van der Waals surface area contributed by atoms with Crippen molar-refractivity contribution in [2.45, 2.75) is 58.7 Å². The van der Waals surface area contributed by atoms with E-state index in [0.29, 0.717) is 6.54 Å². The summed E-state index contributed by atoms with van der Waals surface area (Å²) in [6.45, 7) is 10.4. The van der Waals surface area contributed by atoms with Crippen molar-refractivity contribution < 1.29 is 9.53 Å². The molecule has 1 aromatic rings. The Hall–Kier alpha value is -0.590. The van der Waals surface area contributed by atoms with E-state index in [4.69, 9.17) is 4.74 Å². The standard InChI is InChI=1S/C15H25BrN2O2S/c1-6-11(9-17-14(19)20-15(3,4)5)18-10(2)12-7-8-13(16)21-12/h7-8,10-11,18H,6,9H2,1-5H3,(H,17,19). The van der Waals surface area contributed by atoms with E-state index in [1.165, 1.54) is 4.88 Å². The van der Waals surface area contributed by atoms with Crippen molar-refractivity contribution in [3.05, 3.63) is 20.8 Å². The minimum absolute atomic E-state index is 0.216. The SMILES string of the molecule is CCC(CNC(=O)OC(C)(C)C)NC(C)c1ccc(Br)s1. The summed E-state index contributed by atoms with van der Waals surface area (Å²) in [5.74, 6) is 0. The van der Waals surface area contributed by atoms with E-state index in [0.717, 1.165) is 10.2 Å². The van der Waals surface area contributed by atoms with Crippen LogP contribution < -0.4 is 10.6 Å². The van der Waals surface area contributed by atoms with Gasteiger partial charge in [-0.2, -0.15) is 0 Å². The van der Waals surface area contributed by atoms with Crippen LogP contribution in [-0.2, 0) is 4.74 Å². The molecule has 21 heavy (non-hydrogen) atoms. The molecule has 0 aromatic carbocycles. The third kappa shape index (κ3) is 7.29. The van der Waals surface area contributed by atoms with Crippen LogP contribution in [0.2, 0.25) is 0 Å². The maximum Gasteiger partial charge on any atom is 0.407 e. The number of thiophene rings is 1. The van der Waals surface area contributed by atoms with Gasteiger partial charge in [-0.1, -0.05) is 6.92 Å². The highest BCUT2D eigenvalue weighted by Crippen LogP contribution is 2.27. The average molecular weight is 377 g/mol. The van der Waals surface area contributed by atoms with E-state index >= 15 is 0 Å². The molecule has 0 fully saturated rings. The number of carbonyl (C=O) groups is 1. The van der Waals surface area contributed by atoms with Crippen molar-refractivity contribution in [3.63, 3.8) is 0 Å². The molecule has 0 bridgehead atoms. The molecule has 1 amide bonds. The maximum atomic E-state index is 11.7. The number of alkyl carbamates (subject to hydrolysis) is 1. The summed E-state index contributed by atoms with van der Waals surface area (Å²) in [4.78, 5) is 12.9. The summed E-state index contributed by atoms with van der Waals surface area (Å²) in [7, 11) is 0. The quantitative estimate of drug-likeness (QED) is 0.769. The normalized spacial score (nSPS) is 14.6. The number of amides is 1. The molecule has 2 unspecified atom stereocenters. The van der Waals surface area contributed by atoms with Crippen molar-refractivity contribution >= 4 is 33.4 Å². The fourth-order valence-electron chi connectivity index (χ4n) is 1.84. The fourth-order valence-corrected chi connectivity index (χ4v) is 3.27. The van der Waals surface area contributed by atoms with Gasteiger partial charge in [-0.15, -0.1) is 11.3 Å². The van der Waals surface area contributed by atoms with Gasteiger partial charge in [0.25, 0.3) is 0 Å². The van der Waals surface area contributed by atoms with Gasteiger partial charge in [0.1, 0.15) is 5.60 Å². The lowest BCUT2D eigenvalue weighted by atomic mass is 10.1. The topological polar surface area (TPSA) is 50.4 Å². The fraction of sp³-hybridized carbons (Fsp3) is 0.667. The van der Waals surface area contributed by atoms with Gasteiger partial charge in [0, 0.05) is 23.5 Å². The molecule has 4 nitrogen and oxygen atoms in total. The van der Waals surface area contributed by atoms with E-state index in [1.54, 1.807) is 11.3 Å². The van der Waals surface area contributed by atoms with Gasteiger partial charge in [0.2, 0.25) is 0 Å². The molecule has 0 spiro atoms. The largest absolute Gasteiger partial charge is 0.444 e. The third-order valence-corrected chi connectivity index (χ3v) is 4.70. The number of hydrogen-bond acceptors (Lipinski definition) is 4. The Balaban J connectivity index is 2.43. The van der Waals surface area contributed by atoms with Crippen LogP contribution in [0.4, 0.5) is 4.79 Å². The lowest BCUT2D eigenvalue weighted by molar-refractivity contribution is 0.0521. The molecule has 1 rings (SSSR count). The molecular weight excluding hydrogens is 352 g/mol. The molecule has 0 aliphatic carbocycles. The van der Waals surface area contributed by atoms with Crippen molar-refractivity contribution in [1.29, 1.82) is 0 Å². The van der Waals surface area contributed by atoms with Gasteiger partial charge in [-0.05, 0) is 62.2 Å². The van der Waals surface area contributed by atoms with Crippen molar-refractivity contribution in [2.24, 2.45) is 0 Å². The minimum atomic E-state index is -0.463. The summed E-state index contributed by atoms with van der Waals surface area (Å²) in [5.41, 5.74) is -0.463. The number of rotatable bonds is 6. The Morgan fingerprint density at radius 3 is 2.57 bits per heavy atom. The Kier molecular flexibility index (Phi) is 7.16. The summed E-state index contributed by atoms with van der Waals surface area (Å²) in [6, 6.07) is 4.64. The van der Waals surface area contributed by atoms with Gasteiger partial charge in [-0.3, -0.25) is 0 Å². The summed E-state index contributed by atoms with van der Waals surface area (Å²) in [6.07, 6.45) is 0.571. The smallest absolute Gasteiger partial charge is 0.407 e. The highest BCUT2D eigenvalue weighted by atomic mass is 79.9. The van der Waals surface area contributed by atoms with Crippen LogP contribution >= 0.6 is 27.3 Å². The van der Waals surface area contributed by atoms with Crippen LogP contribution in [0.15, 0.2) is 15.9 Å². The predicted molar refractivity (Wildman–Crippen MR) is 91.9 cm³/mol. The second kappa shape index (κ2) is 8.15. The van der Waals surface area contributed by atoms with Gasteiger partial charge in [0.15, 0.2) is 0 Å². The third-order valence-electron chi connectivity index (χ3n) is 2.89. The molecule has 0 saturated carbocycles. The van der Waals surface area contributed by atoms with E-state index in [1.807, 2.05) is 20.8 Å². The predicted octanol–water partition coefficient (Wildman–Crippen LogP) is 4.46. The molecule has 2 atom stereocenters. The van der Waals surface area contributed by atoms with E-state index in [9.17, 15) is 4.79 Å². The molecule has 120 valence electrons. The summed E-state index contributed by atoms with van der Waals surface area (Å²) in [5, 5.41) is 6.36. The Morgan fingerprint density at radius 1 is 1.43 bits per heavy atom. The first kappa shape index (κ1) is 18.5. The molecule has 0 radical (unpaired) electrons. The Labute approximate surface area is 139 Å². The molecule has 1 aromatic heterocycles. The van der Waals surface area contributed by atoms with Gasteiger partial charge in [0.05, 0.1) is 3.79 Å². The molecule has 0 aliphatic heterocycles. The van der Waals surface area contributed by atoms with Gasteiger partial charge in [-0.25, -0.2) is 4.79 Å². The first-order valence-electron chi connectivity index (χ1n) is 7.19. The number of ether oxygens (including phenoxy) is 1. The molecule has 0 aliphatic rings. The van der Waals surface area contributed by atoms with Gasteiger partial charge < -0.3 is 15.4 Å². The van der Waals surface area contributed by atoms with Crippen LogP contribution in [0.1, 0.15) is 52.0 Å². The summed E-state index contributed by atoms with van der Waals surface area (Å²) < 4.78 is 6.37. The van der Waals surface area contributed by atoms with E-state index in [-0.39, 0.29) is 18.2 Å². The number of halogens is 1. The molecule has 1 heterocycles. The lowest BCUT2D eigenvalue weighted by Crippen LogP contribution is -2.43. The number of hydrogen-bond donors (Lipinski definition) is 2. The van der Waals surface area contributed by atoms with Crippen LogP contribution in [0.3, 0.4) is 0 Å².